The monoisotopic (exact) mass is 301 g/mol. The van der Waals surface area contributed by atoms with E-state index in [0.717, 1.165) is 0 Å². The lowest BCUT2D eigenvalue weighted by atomic mass is 10.3. The molecule has 1 aromatic heterocycles. The largest absolute Gasteiger partial charge is 0.487 e. The molecule has 22 heavy (non-hydrogen) atoms. The Balaban J connectivity index is 1.75. The van der Waals surface area contributed by atoms with Crippen molar-refractivity contribution >= 4 is 17.3 Å². The van der Waals surface area contributed by atoms with E-state index in [-0.39, 0.29) is 30.4 Å². The number of amides is 1. The SMILES string of the molecule is O=C(CCCOc1ccccc1[N+](=O)[O-])Nc1cccnc1. The number of nitro groups is 1. The Labute approximate surface area is 127 Å². The van der Waals surface area contributed by atoms with E-state index in [1.54, 1.807) is 36.7 Å². The van der Waals surface area contributed by atoms with Crippen molar-refractivity contribution in [2.24, 2.45) is 0 Å². The van der Waals surface area contributed by atoms with Crippen molar-refractivity contribution < 1.29 is 14.5 Å². The number of hydrogen-bond acceptors (Lipinski definition) is 5. The Morgan fingerprint density at radius 1 is 1.27 bits per heavy atom. The minimum atomic E-state index is -0.496. The maximum Gasteiger partial charge on any atom is 0.310 e. The van der Waals surface area contributed by atoms with Gasteiger partial charge < -0.3 is 10.1 Å². The minimum Gasteiger partial charge on any atom is -0.487 e. The summed E-state index contributed by atoms with van der Waals surface area (Å²) < 4.78 is 5.37. The Morgan fingerprint density at radius 2 is 2.09 bits per heavy atom. The van der Waals surface area contributed by atoms with Crippen LogP contribution in [0.4, 0.5) is 11.4 Å². The maximum absolute atomic E-state index is 11.7. The summed E-state index contributed by atoms with van der Waals surface area (Å²) in [6.45, 7) is 0.227. The molecule has 7 heteroatoms. The third-order valence-corrected chi connectivity index (χ3v) is 2.81. The molecular weight excluding hydrogens is 286 g/mol. The second kappa shape index (κ2) is 7.72. The van der Waals surface area contributed by atoms with Gasteiger partial charge in [-0.1, -0.05) is 12.1 Å². The number of anilines is 1. The molecule has 0 saturated heterocycles. The molecule has 1 heterocycles. The Hall–Kier alpha value is -2.96. The first-order chi connectivity index (χ1) is 10.7. The zero-order valence-electron chi connectivity index (χ0n) is 11.8. The van der Waals surface area contributed by atoms with Crippen molar-refractivity contribution in [1.82, 2.24) is 4.98 Å². The lowest BCUT2D eigenvalue weighted by Gasteiger charge is -2.07. The number of carbonyl (C=O) groups excluding carboxylic acids is 1. The Kier molecular flexibility index (Phi) is 5.42. The van der Waals surface area contributed by atoms with Gasteiger partial charge in [0.1, 0.15) is 0 Å². The van der Waals surface area contributed by atoms with Crippen LogP contribution in [-0.2, 0) is 4.79 Å². The number of rotatable bonds is 7. The third-order valence-electron chi connectivity index (χ3n) is 2.81. The number of nitrogens with one attached hydrogen (secondary N) is 1. The van der Waals surface area contributed by atoms with Gasteiger partial charge in [-0.2, -0.15) is 0 Å². The lowest BCUT2D eigenvalue weighted by molar-refractivity contribution is -0.385. The van der Waals surface area contributed by atoms with Crippen molar-refractivity contribution in [1.29, 1.82) is 0 Å². The van der Waals surface area contributed by atoms with Gasteiger partial charge >= 0.3 is 5.69 Å². The van der Waals surface area contributed by atoms with Crippen LogP contribution in [0.1, 0.15) is 12.8 Å². The summed E-state index contributed by atoms with van der Waals surface area (Å²) in [5, 5.41) is 13.5. The molecular formula is C15H15N3O4. The van der Waals surface area contributed by atoms with E-state index in [1.165, 1.54) is 12.1 Å². The second-order valence-electron chi connectivity index (χ2n) is 4.47. The van der Waals surface area contributed by atoms with Gasteiger partial charge in [0.15, 0.2) is 5.75 Å². The van der Waals surface area contributed by atoms with Gasteiger partial charge in [0.2, 0.25) is 5.91 Å². The number of aromatic nitrogens is 1. The zero-order chi connectivity index (χ0) is 15.8. The number of nitrogens with zero attached hydrogens (tertiary/aromatic N) is 2. The number of carbonyl (C=O) groups is 1. The lowest BCUT2D eigenvalue weighted by Crippen LogP contribution is -2.13. The maximum atomic E-state index is 11.7. The fourth-order valence-corrected chi connectivity index (χ4v) is 1.81. The van der Waals surface area contributed by atoms with Crippen LogP contribution in [0.2, 0.25) is 0 Å². The van der Waals surface area contributed by atoms with E-state index >= 15 is 0 Å². The molecule has 7 nitrogen and oxygen atoms in total. The van der Waals surface area contributed by atoms with E-state index < -0.39 is 4.92 Å². The summed E-state index contributed by atoms with van der Waals surface area (Å²) in [6.07, 6.45) is 3.89. The molecule has 0 aliphatic rings. The highest BCUT2D eigenvalue weighted by atomic mass is 16.6. The van der Waals surface area contributed by atoms with E-state index in [0.29, 0.717) is 12.1 Å². The van der Waals surface area contributed by atoms with Crippen LogP contribution in [-0.4, -0.2) is 22.4 Å². The topological polar surface area (TPSA) is 94.4 Å². The van der Waals surface area contributed by atoms with E-state index in [9.17, 15) is 14.9 Å². The first-order valence-corrected chi connectivity index (χ1v) is 6.73. The Bertz CT molecular complexity index is 646. The second-order valence-corrected chi connectivity index (χ2v) is 4.47. The van der Waals surface area contributed by atoms with Gasteiger partial charge in [-0.3, -0.25) is 19.9 Å². The van der Waals surface area contributed by atoms with Crippen LogP contribution in [0.3, 0.4) is 0 Å². The van der Waals surface area contributed by atoms with Crippen LogP contribution in [0.5, 0.6) is 5.75 Å². The molecule has 0 radical (unpaired) electrons. The highest BCUT2D eigenvalue weighted by Crippen LogP contribution is 2.25. The number of benzene rings is 1. The predicted molar refractivity (Wildman–Crippen MR) is 80.7 cm³/mol. The fourth-order valence-electron chi connectivity index (χ4n) is 1.81. The van der Waals surface area contributed by atoms with Gasteiger partial charge in [0, 0.05) is 18.7 Å². The van der Waals surface area contributed by atoms with Gasteiger partial charge in [0.05, 0.1) is 23.4 Å². The van der Waals surface area contributed by atoms with Crippen LogP contribution in [0, 0.1) is 10.1 Å². The Morgan fingerprint density at radius 3 is 2.82 bits per heavy atom. The van der Waals surface area contributed by atoms with Crippen molar-refractivity contribution in [2.75, 3.05) is 11.9 Å². The smallest absolute Gasteiger partial charge is 0.310 e. The fraction of sp³-hybridized carbons (Fsp3) is 0.200. The number of ether oxygens (including phenoxy) is 1. The summed E-state index contributed by atoms with van der Waals surface area (Å²) in [7, 11) is 0. The average Bonchev–Trinajstić information content (AvgIpc) is 2.53. The van der Waals surface area contributed by atoms with E-state index in [1.807, 2.05) is 0 Å². The van der Waals surface area contributed by atoms with Crippen LogP contribution < -0.4 is 10.1 Å². The number of hydrogen-bond donors (Lipinski definition) is 1. The molecule has 0 atom stereocenters. The zero-order valence-corrected chi connectivity index (χ0v) is 11.8. The molecule has 2 aromatic rings. The highest BCUT2D eigenvalue weighted by molar-refractivity contribution is 5.90. The third kappa shape index (κ3) is 4.55. The molecule has 0 fully saturated rings. The summed E-state index contributed by atoms with van der Waals surface area (Å²) in [6, 6.07) is 9.63. The summed E-state index contributed by atoms with van der Waals surface area (Å²) in [5.41, 5.74) is 0.550. The highest BCUT2D eigenvalue weighted by Gasteiger charge is 2.13. The molecule has 0 bridgehead atoms. The van der Waals surface area contributed by atoms with Crippen molar-refractivity contribution in [3.63, 3.8) is 0 Å². The number of pyridine rings is 1. The first kappa shape index (κ1) is 15.4. The standard InChI is InChI=1S/C15H15N3O4/c19-15(17-12-5-3-9-16-11-12)8-4-10-22-14-7-2-1-6-13(14)18(20)21/h1-3,5-7,9,11H,4,8,10H2,(H,17,19). The van der Waals surface area contributed by atoms with Crippen LogP contribution in [0.25, 0.3) is 0 Å². The van der Waals surface area contributed by atoms with Crippen molar-refractivity contribution in [3.8, 4) is 5.75 Å². The number of nitro benzene ring substituents is 1. The molecule has 114 valence electrons. The minimum absolute atomic E-state index is 0.0812. The quantitative estimate of drug-likeness (QED) is 0.482. The molecule has 0 saturated carbocycles. The summed E-state index contributed by atoms with van der Waals surface area (Å²) >= 11 is 0. The van der Waals surface area contributed by atoms with E-state index in [2.05, 4.69) is 10.3 Å². The molecule has 0 unspecified atom stereocenters. The predicted octanol–water partition coefficient (Wildman–Crippen LogP) is 2.79. The molecule has 0 aliphatic heterocycles. The van der Waals surface area contributed by atoms with Crippen LogP contribution >= 0.6 is 0 Å². The normalized spacial score (nSPS) is 10.0. The summed E-state index contributed by atoms with van der Waals surface area (Å²) in [4.78, 5) is 25.9. The van der Waals surface area contributed by atoms with Gasteiger partial charge in [-0.25, -0.2) is 0 Å². The molecule has 1 N–H and O–H groups in total. The van der Waals surface area contributed by atoms with E-state index in [4.69, 9.17) is 4.74 Å². The van der Waals surface area contributed by atoms with Gasteiger partial charge in [-0.15, -0.1) is 0 Å². The molecule has 1 amide bonds. The van der Waals surface area contributed by atoms with Crippen LogP contribution in [0.15, 0.2) is 48.8 Å². The molecule has 1 aromatic carbocycles. The van der Waals surface area contributed by atoms with Crippen molar-refractivity contribution in [2.45, 2.75) is 12.8 Å². The van der Waals surface area contributed by atoms with Crippen molar-refractivity contribution in [3.05, 3.63) is 58.9 Å². The molecule has 0 aliphatic carbocycles. The number of para-hydroxylation sites is 2. The van der Waals surface area contributed by atoms with Gasteiger partial charge in [0.25, 0.3) is 0 Å². The summed E-state index contributed by atoms with van der Waals surface area (Å²) in [5.74, 6) is 0.0549. The molecule has 2 rings (SSSR count). The molecule has 0 spiro atoms. The average molecular weight is 301 g/mol. The van der Waals surface area contributed by atoms with Gasteiger partial charge in [-0.05, 0) is 24.6 Å². The first-order valence-electron chi connectivity index (χ1n) is 6.73.